The molecule has 1 aromatic rings. The number of carbonyl (C=O) groups is 1. The monoisotopic (exact) mass is 433 g/mol. The molecule has 1 amide bonds. The number of carbonyl (C=O) groups excluding carboxylic acids is 1. The molecule has 28 heavy (non-hydrogen) atoms. The Morgan fingerprint density at radius 3 is 2.64 bits per heavy atom. The molecule has 8 nitrogen and oxygen atoms in total. The van der Waals surface area contributed by atoms with Gasteiger partial charge in [-0.15, -0.1) is 12.4 Å². The molecule has 2 fully saturated rings. The van der Waals surface area contributed by atoms with Crippen molar-refractivity contribution in [1.29, 1.82) is 0 Å². The molecule has 1 aromatic carbocycles. The van der Waals surface area contributed by atoms with Crippen LogP contribution in [0.5, 0.6) is 5.75 Å². The topological polar surface area (TPSA) is 102 Å². The van der Waals surface area contributed by atoms with Gasteiger partial charge in [-0.2, -0.15) is 4.31 Å². The number of nitrogens with zero attached hydrogens (tertiary/aromatic N) is 2. The first kappa shape index (κ1) is 22.9. The number of ether oxygens (including phenoxy) is 2. The van der Waals surface area contributed by atoms with Crippen molar-refractivity contribution in [3.63, 3.8) is 0 Å². The van der Waals surface area contributed by atoms with Crippen molar-refractivity contribution < 1.29 is 22.7 Å². The first-order chi connectivity index (χ1) is 12.9. The van der Waals surface area contributed by atoms with E-state index in [1.54, 1.807) is 23.1 Å². The van der Waals surface area contributed by atoms with Crippen molar-refractivity contribution in [2.75, 3.05) is 46.5 Å². The number of amides is 1. The Labute approximate surface area is 172 Å². The third kappa shape index (κ3) is 5.15. The lowest BCUT2D eigenvalue weighted by Crippen LogP contribution is -2.46. The summed E-state index contributed by atoms with van der Waals surface area (Å²) in [6.45, 7) is 2.60. The van der Waals surface area contributed by atoms with Gasteiger partial charge in [-0.1, -0.05) is 6.07 Å². The number of rotatable bonds is 5. The Hall–Kier alpha value is -1.39. The van der Waals surface area contributed by atoms with Gasteiger partial charge in [0.2, 0.25) is 15.9 Å². The van der Waals surface area contributed by atoms with E-state index in [-0.39, 0.29) is 41.4 Å². The molecule has 1 atom stereocenters. The molecular formula is C18H28ClN3O5S. The van der Waals surface area contributed by atoms with Gasteiger partial charge in [0, 0.05) is 32.2 Å². The van der Waals surface area contributed by atoms with E-state index in [1.165, 1.54) is 11.4 Å². The van der Waals surface area contributed by atoms with Gasteiger partial charge < -0.3 is 20.1 Å². The lowest BCUT2D eigenvalue weighted by Gasteiger charge is -2.31. The van der Waals surface area contributed by atoms with Crippen LogP contribution in [0.15, 0.2) is 23.1 Å². The van der Waals surface area contributed by atoms with Crippen molar-refractivity contribution in [3.8, 4) is 5.75 Å². The van der Waals surface area contributed by atoms with Crippen LogP contribution in [0.2, 0.25) is 0 Å². The molecule has 2 aliphatic heterocycles. The van der Waals surface area contributed by atoms with Gasteiger partial charge in [-0.3, -0.25) is 4.79 Å². The molecule has 3 rings (SSSR count). The molecule has 1 unspecified atom stereocenters. The van der Waals surface area contributed by atoms with E-state index in [2.05, 4.69) is 0 Å². The summed E-state index contributed by atoms with van der Waals surface area (Å²) in [5.74, 6) is 0.239. The van der Waals surface area contributed by atoms with Gasteiger partial charge in [-0.25, -0.2) is 8.42 Å². The summed E-state index contributed by atoms with van der Waals surface area (Å²) in [4.78, 5) is 14.4. The fraction of sp³-hybridized carbons (Fsp3) is 0.611. The molecule has 2 N–H and O–H groups in total. The van der Waals surface area contributed by atoms with Crippen molar-refractivity contribution in [2.24, 2.45) is 5.73 Å². The summed E-state index contributed by atoms with van der Waals surface area (Å²) >= 11 is 0. The van der Waals surface area contributed by atoms with Gasteiger partial charge in [-0.05, 0) is 30.5 Å². The predicted octanol–water partition coefficient (Wildman–Crippen LogP) is 0.630. The Balaban J connectivity index is 0.00000280. The van der Waals surface area contributed by atoms with Gasteiger partial charge in [0.25, 0.3) is 0 Å². The number of methoxy groups -OCH3 is 1. The second-order valence-corrected chi connectivity index (χ2v) is 8.83. The largest absolute Gasteiger partial charge is 0.495 e. The smallest absolute Gasteiger partial charge is 0.246 e. The van der Waals surface area contributed by atoms with Crippen LogP contribution in [-0.2, 0) is 26.0 Å². The number of halogens is 1. The Morgan fingerprint density at radius 1 is 1.29 bits per heavy atom. The van der Waals surface area contributed by atoms with E-state index < -0.39 is 10.0 Å². The summed E-state index contributed by atoms with van der Waals surface area (Å²) in [5.41, 5.74) is 6.60. The van der Waals surface area contributed by atoms with Gasteiger partial charge >= 0.3 is 0 Å². The number of nitrogens with two attached hydrogens (primary N) is 1. The Bertz CT molecular complexity index is 783. The molecule has 10 heteroatoms. The third-order valence-corrected chi connectivity index (χ3v) is 6.90. The third-order valence-electron chi connectivity index (χ3n) is 4.98. The number of hydrogen-bond donors (Lipinski definition) is 1. The maximum absolute atomic E-state index is 13.0. The molecule has 0 aromatic heterocycles. The van der Waals surface area contributed by atoms with Crippen molar-refractivity contribution >= 4 is 28.3 Å². The Kier molecular flexibility index (Phi) is 8.08. The molecule has 0 bridgehead atoms. The maximum atomic E-state index is 13.0. The number of benzene rings is 1. The number of morpholine rings is 1. The van der Waals surface area contributed by atoms with Crippen molar-refractivity contribution in [3.05, 3.63) is 23.8 Å². The van der Waals surface area contributed by atoms with Crippen LogP contribution in [0.3, 0.4) is 0 Å². The van der Waals surface area contributed by atoms with Gasteiger partial charge in [0.1, 0.15) is 10.6 Å². The van der Waals surface area contributed by atoms with E-state index in [1.807, 2.05) is 0 Å². The molecule has 0 aliphatic carbocycles. The van der Waals surface area contributed by atoms with E-state index in [0.717, 1.165) is 12.8 Å². The van der Waals surface area contributed by atoms with Crippen LogP contribution in [-0.4, -0.2) is 76.1 Å². The SMILES string of the molecule is COc1ccc(CC(=O)N2CCCC(N)C2)cc1S(=O)(=O)N1CCOCC1.Cl. The molecule has 158 valence electrons. The number of likely N-dealkylation sites (tertiary alicyclic amines) is 1. The van der Waals surface area contributed by atoms with Crippen LogP contribution in [0.25, 0.3) is 0 Å². The fourth-order valence-corrected chi connectivity index (χ4v) is 5.10. The van der Waals surface area contributed by atoms with Crippen LogP contribution >= 0.6 is 12.4 Å². The zero-order chi connectivity index (χ0) is 19.4. The number of hydrogen-bond acceptors (Lipinski definition) is 6. The zero-order valence-electron chi connectivity index (χ0n) is 16.0. The van der Waals surface area contributed by atoms with Crippen molar-refractivity contribution in [2.45, 2.75) is 30.2 Å². The summed E-state index contributed by atoms with van der Waals surface area (Å²) in [6, 6.07) is 4.90. The molecule has 2 heterocycles. The lowest BCUT2D eigenvalue weighted by atomic mass is 10.1. The highest BCUT2D eigenvalue weighted by Gasteiger charge is 2.30. The summed E-state index contributed by atoms with van der Waals surface area (Å²) in [7, 11) is -2.28. The van der Waals surface area contributed by atoms with Crippen LogP contribution < -0.4 is 10.5 Å². The Morgan fingerprint density at radius 2 is 2.00 bits per heavy atom. The van der Waals surface area contributed by atoms with E-state index in [9.17, 15) is 13.2 Å². The zero-order valence-corrected chi connectivity index (χ0v) is 17.6. The minimum atomic E-state index is -3.71. The maximum Gasteiger partial charge on any atom is 0.246 e. The van der Waals surface area contributed by atoms with E-state index >= 15 is 0 Å². The molecular weight excluding hydrogens is 406 g/mol. The second-order valence-electron chi connectivity index (χ2n) is 6.92. The summed E-state index contributed by atoms with van der Waals surface area (Å²) in [5, 5.41) is 0. The van der Waals surface area contributed by atoms with Crippen molar-refractivity contribution in [1.82, 2.24) is 9.21 Å². The quantitative estimate of drug-likeness (QED) is 0.730. The first-order valence-electron chi connectivity index (χ1n) is 9.20. The highest BCUT2D eigenvalue weighted by Crippen LogP contribution is 2.29. The number of sulfonamides is 1. The fourth-order valence-electron chi connectivity index (χ4n) is 3.48. The van der Waals surface area contributed by atoms with E-state index in [0.29, 0.717) is 45.0 Å². The van der Waals surface area contributed by atoms with Crippen LogP contribution in [0, 0.1) is 0 Å². The predicted molar refractivity (Wildman–Crippen MR) is 107 cm³/mol. The molecule has 2 saturated heterocycles. The number of piperidine rings is 1. The summed E-state index contributed by atoms with van der Waals surface area (Å²) in [6.07, 6.45) is 1.96. The highest BCUT2D eigenvalue weighted by atomic mass is 35.5. The molecule has 0 radical (unpaired) electrons. The molecule has 0 spiro atoms. The highest BCUT2D eigenvalue weighted by molar-refractivity contribution is 7.89. The van der Waals surface area contributed by atoms with Gasteiger partial charge in [0.15, 0.2) is 0 Å². The van der Waals surface area contributed by atoms with E-state index in [4.69, 9.17) is 15.2 Å². The second kappa shape index (κ2) is 9.89. The van der Waals surface area contributed by atoms with Crippen LogP contribution in [0.1, 0.15) is 18.4 Å². The average molecular weight is 434 g/mol. The standard InChI is InChI=1S/C18H27N3O5S.ClH/c1-25-16-5-4-14(12-18(22)20-6-2-3-15(19)13-20)11-17(16)27(23,24)21-7-9-26-10-8-21;/h4-5,11,15H,2-3,6-10,12-13,19H2,1H3;1H. The molecule has 0 saturated carbocycles. The summed E-state index contributed by atoms with van der Waals surface area (Å²) < 4.78 is 38.0. The minimum absolute atomic E-state index is 0. The van der Waals surface area contributed by atoms with Gasteiger partial charge in [0.05, 0.1) is 26.7 Å². The molecule has 2 aliphatic rings. The first-order valence-corrected chi connectivity index (χ1v) is 10.6. The average Bonchev–Trinajstić information content (AvgIpc) is 2.68. The normalized spacial score (nSPS) is 21.1. The van der Waals surface area contributed by atoms with Crippen LogP contribution in [0.4, 0.5) is 0 Å². The minimum Gasteiger partial charge on any atom is -0.495 e. The lowest BCUT2D eigenvalue weighted by molar-refractivity contribution is -0.131.